The first kappa shape index (κ1) is 15.4. The van der Waals surface area contributed by atoms with E-state index in [0.29, 0.717) is 18.5 Å². The van der Waals surface area contributed by atoms with Gasteiger partial charge in [-0.25, -0.2) is 0 Å². The van der Waals surface area contributed by atoms with Gasteiger partial charge in [0.15, 0.2) is 0 Å². The molecule has 1 aliphatic carbocycles. The van der Waals surface area contributed by atoms with Gasteiger partial charge in [0.05, 0.1) is 18.0 Å². The zero-order valence-corrected chi connectivity index (χ0v) is 14.0. The van der Waals surface area contributed by atoms with E-state index in [0.717, 1.165) is 32.4 Å². The molecule has 3 saturated heterocycles. The molecule has 1 saturated carbocycles. The van der Waals surface area contributed by atoms with Gasteiger partial charge in [0.2, 0.25) is 11.8 Å². The number of hydrogen-bond acceptors (Lipinski definition) is 3. The van der Waals surface area contributed by atoms with Gasteiger partial charge in [0.1, 0.15) is 0 Å². The first-order chi connectivity index (χ1) is 11.3. The molecule has 3 heterocycles. The van der Waals surface area contributed by atoms with Gasteiger partial charge in [-0.2, -0.15) is 0 Å². The Bertz CT molecular complexity index is 475. The van der Waals surface area contributed by atoms with Crippen LogP contribution in [0.1, 0.15) is 57.8 Å². The molecule has 2 amide bonds. The van der Waals surface area contributed by atoms with Crippen LogP contribution < -0.4 is 5.32 Å². The van der Waals surface area contributed by atoms with Crippen LogP contribution in [0.4, 0.5) is 0 Å². The number of piperidine rings is 2. The van der Waals surface area contributed by atoms with E-state index in [-0.39, 0.29) is 23.9 Å². The second-order valence-electron chi connectivity index (χ2n) is 7.78. The van der Waals surface area contributed by atoms with Crippen molar-refractivity contribution in [2.45, 2.75) is 75.9 Å². The molecular weight excluding hydrogens is 290 g/mol. The van der Waals surface area contributed by atoms with E-state index in [1.165, 1.54) is 38.5 Å². The summed E-state index contributed by atoms with van der Waals surface area (Å²) >= 11 is 0. The van der Waals surface area contributed by atoms with Crippen molar-refractivity contribution in [3.63, 3.8) is 0 Å². The van der Waals surface area contributed by atoms with Crippen LogP contribution in [0.5, 0.6) is 0 Å². The Hall–Kier alpha value is -1.10. The summed E-state index contributed by atoms with van der Waals surface area (Å²) in [6.07, 6.45) is 10.5. The van der Waals surface area contributed by atoms with E-state index in [1.807, 2.05) is 0 Å². The number of nitrogens with zero attached hydrogens (tertiary/aromatic N) is 2. The van der Waals surface area contributed by atoms with Gasteiger partial charge in [-0.15, -0.1) is 0 Å². The summed E-state index contributed by atoms with van der Waals surface area (Å²) in [4.78, 5) is 29.9. The van der Waals surface area contributed by atoms with Crippen LogP contribution >= 0.6 is 0 Å². The number of carbonyl (C=O) groups excluding carboxylic acids is 2. The minimum Gasteiger partial charge on any atom is -0.354 e. The van der Waals surface area contributed by atoms with Gasteiger partial charge >= 0.3 is 0 Å². The number of likely N-dealkylation sites (tertiary alicyclic amines) is 2. The average Bonchev–Trinajstić information content (AvgIpc) is 3.24. The largest absolute Gasteiger partial charge is 0.354 e. The van der Waals surface area contributed by atoms with E-state index in [1.54, 1.807) is 0 Å². The molecule has 23 heavy (non-hydrogen) atoms. The normalized spacial score (nSPS) is 36.1. The lowest BCUT2D eigenvalue weighted by Crippen LogP contribution is -2.58. The molecule has 3 atom stereocenters. The van der Waals surface area contributed by atoms with Gasteiger partial charge in [0, 0.05) is 19.1 Å². The van der Waals surface area contributed by atoms with Crippen LogP contribution in [0.15, 0.2) is 0 Å². The van der Waals surface area contributed by atoms with Gasteiger partial charge in [-0.3, -0.25) is 14.5 Å². The molecule has 5 nitrogen and oxygen atoms in total. The highest BCUT2D eigenvalue weighted by molar-refractivity contribution is 5.86. The smallest absolute Gasteiger partial charge is 0.240 e. The summed E-state index contributed by atoms with van der Waals surface area (Å²) in [5, 5.41) is 2.97. The summed E-state index contributed by atoms with van der Waals surface area (Å²) in [6, 6.07) is 0.797. The SMILES string of the molecule is O=C1NC[C@@H]2[C@H]1CCCN2C(=O)C1CCCCN1C1CCCC1. The van der Waals surface area contributed by atoms with Crippen molar-refractivity contribution in [3.05, 3.63) is 0 Å². The number of amides is 2. The summed E-state index contributed by atoms with van der Waals surface area (Å²) < 4.78 is 0. The Morgan fingerprint density at radius 3 is 2.57 bits per heavy atom. The van der Waals surface area contributed by atoms with E-state index in [9.17, 15) is 9.59 Å². The van der Waals surface area contributed by atoms with Gasteiger partial charge in [-0.1, -0.05) is 19.3 Å². The van der Waals surface area contributed by atoms with E-state index < -0.39 is 0 Å². The fourth-order valence-electron chi connectivity index (χ4n) is 5.31. The first-order valence-corrected chi connectivity index (χ1v) is 9.59. The first-order valence-electron chi connectivity index (χ1n) is 9.59. The zero-order valence-electron chi connectivity index (χ0n) is 14.0. The van der Waals surface area contributed by atoms with Crippen LogP contribution in [0.25, 0.3) is 0 Å². The van der Waals surface area contributed by atoms with Crippen LogP contribution in [-0.4, -0.2) is 59.4 Å². The van der Waals surface area contributed by atoms with E-state index >= 15 is 0 Å². The molecule has 128 valence electrons. The van der Waals surface area contributed by atoms with Gasteiger partial charge < -0.3 is 10.2 Å². The molecule has 1 unspecified atom stereocenters. The lowest BCUT2D eigenvalue weighted by molar-refractivity contribution is -0.144. The molecule has 0 aromatic carbocycles. The Kier molecular flexibility index (Phi) is 4.31. The Balaban J connectivity index is 1.50. The third kappa shape index (κ3) is 2.77. The van der Waals surface area contributed by atoms with Crippen molar-refractivity contribution in [2.24, 2.45) is 5.92 Å². The molecule has 5 heteroatoms. The Labute approximate surface area is 138 Å². The van der Waals surface area contributed by atoms with Crippen LogP contribution in [0.3, 0.4) is 0 Å². The Morgan fingerprint density at radius 1 is 0.957 bits per heavy atom. The number of nitrogens with one attached hydrogen (secondary N) is 1. The average molecular weight is 319 g/mol. The molecular formula is C18H29N3O2. The zero-order chi connectivity index (χ0) is 15.8. The number of fused-ring (bicyclic) bond motifs is 1. The maximum absolute atomic E-state index is 13.3. The summed E-state index contributed by atoms with van der Waals surface area (Å²) in [5.74, 6) is 0.503. The minimum absolute atomic E-state index is 0.0382. The molecule has 4 rings (SSSR count). The maximum atomic E-state index is 13.3. The van der Waals surface area contributed by atoms with Crippen molar-refractivity contribution in [2.75, 3.05) is 19.6 Å². The fourth-order valence-corrected chi connectivity index (χ4v) is 5.31. The van der Waals surface area contributed by atoms with E-state index in [2.05, 4.69) is 15.1 Å². The molecule has 3 aliphatic heterocycles. The highest BCUT2D eigenvalue weighted by Crippen LogP contribution is 2.33. The van der Waals surface area contributed by atoms with Crippen LogP contribution in [0.2, 0.25) is 0 Å². The van der Waals surface area contributed by atoms with Gasteiger partial charge in [-0.05, 0) is 45.1 Å². The fraction of sp³-hybridized carbons (Fsp3) is 0.889. The van der Waals surface area contributed by atoms with Gasteiger partial charge in [0.25, 0.3) is 0 Å². The standard InChI is InChI=1S/C18H29N3O2/c22-17-14-8-5-11-21(16(14)12-19-17)18(23)15-9-3-4-10-20(15)13-6-1-2-7-13/h13-16H,1-12H2,(H,19,22)/t14-,15?,16-/m1/s1. The van der Waals surface area contributed by atoms with Crippen molar-refractivity contribution >= 4 is 11.8 Å². The molecule has 0 spiro atoms. The predicted octanol–water partition coefficient (Wildman–Crippen LogP) is 1.52. The topological polar surface area (TPSA) is 52.7 Å². The predicted molar refractivity (Wildman–Crippen MR) is 87.8 cm³/mol. The van der Waals surface area contributed by atoms with E-state index in [4.69, 9.17) is 0 Å². The second kappa shape index (κ2) is 6.42. The van der Waals surface area contributed by atoms with Crippen LogP contribution in [-0.2, 0) is 9.59 Å². The number of hydrogen-bond donors (Lipinski definition) is 1. The van der Waals surface area contributed by atoms with Crippen molar-refractivity contribution < 1.29 is 9.59 Å². The lowest BCUT2D eigenvalue weighted by Gasteiger charge is -2.44. The summed E-state index contributed by atoms with van der Waals surface area (Å²) in [5.41, 5.74) is 0. The van der Waals surface area contributed by atoms with Crippen molar-refractivity contribution in [1.82, 2.24) is 15.1 Å². The highest BCUT2D eigenvalue weighted by atomic mass is 16.2. The molecule has 4 aliphatic rings. The molecule has 0 bridgehead atoms. The van der Waals surface area contributed by atoms with Crippen molar-refractivity contribution in [3.8, 4) is 0 Å². The third-order valence-corrected chi connectivity index (χ3v) is 6.51. The quantitative estimate of drug-likeness (QED) is 0.839. The highest BCUT2D eigenvalue weighted by Gasteiger charge is 2.45. The number of rotatable bonds is 2. The van der Waals surface area contributed by atoms with Crippen LogP contribution in [0, 0.1) is 5.92 Å². The molecule has 4 fully saturated rings. The number of carbonyl (C=O) groups is 2. The Morgan fingerprint density at radius 2 is 1.74 bits per heavy atom. The second-order valence-corrected chi connectivity index (χ2v) is 7.78. The molecule has 0 aromatic rings. The third-order valence-electron chi connectivity index (χ3n) is 6.51. The minimum atomic E-state index is 0.0382. The summed E-state index contributed by atoms with van der Waals surface area (Å²) in [7, 11) is 0. The summed E-state index contributed by atoms with van der Waals surface area (Å²) in [6.45, 7) is 2.58. The lowest BCUT2D eigenvalue weighted by atomic mass is 9.89. The maximum Gasteiger partial charge on any atom is 0.240 e. The van der Waals surface area contributed by atoms with Crippen molar-refractivity contribution in [1.29, 1.82) is 0 Å². The molecule has 0 radical (unpaired) electrons. The molecule has 0 aromatic heterocycles. The molecule has 1 N–H and O–H groups in total. The monoisotopic (exact) mass is 319 g/mol.